The fraction of sp³-hybridized carbons (Fsp3) is 0.344. The zero-order valence-corrected chi connectivity index (χ0v) is 25.2. The largest absolute Gasteiger partial charge is 0.493 e. The zero-order valence-electron chi connectivity index (χ0n) is 24.4. The predicted molar refractivity (Wildman–Crippen MR) is 162 cm³/mol. The molecule has 11 heteroatoms. The lowest BCUT2D eigenvalue weighted by atomic mass is 10.0. The third-order valence-corrected chi connectivity index (χ3v) is 8.84. The number of benzene rings is 3. The van der Waals surface area contributed by atoms with Crippen molar-refractivity contribution >= 4 is 26.6 Å². The normalized spacial score (nSPS) is 15.8. The Hall–Kier alpha value is -3.96. The molecule has 3 aromatic carbocycles. The van der Waals surface area contributed by atoms with Gasteiger partial charge in [-0.2, -0.15) is 0 Å². The SMILES string of the molecule is COc1cc2c(Oc3ccc(NS(=O)(=O)c4ccc(C)c(F)c4)cc3F)ccnc2cc1OCCCN1CCCC(C)C1. The first-order valence-corrected chi connectivity index (χ1v) is 15.7. The highest BCUT2D eigenvalue weighted by Crippen LogP contribution is 2.38. The van der Waals surface area contributed by atoms with Crippen molar-refractivity contribution in [3.63, 3.8) is 0 Å². The number of hydrogen-bond donors (Lipinski definition) is 1. The molecule has 4 aromatic rings. The lowest BCUT2D eigenvalue weighted by Crippen LogP contribution is -2.35. The minimum Gasteiger partial charge on any atom is -0.493 e. The quantitative estimate of drug-likeness (QED) is 0.184. The van der Waals surface area contributed by atoms with Crippen LogP contribution in [0.4, 0.5) is 14.5 Å². The van der Waals surface area contributed by atoms with Crippen LogP contribution >= 0.6 is 0 Å². The van der Waals surface area contributed by atoms with Crippen molar-refractivity contribution in [2.45, 2.75) is 38.0 Å². The summed E-state index contributed by atoms with van der Waals surface area (Å²) in [5.74, 6) is 0.543. The van der Waals surface area contributed by atoms with E-state index in [2.05, 4.69) is 21.5 Å². The van der Waals surface area contributed by atoms with Crippen molar-refractivity contribution < 1.29 is 31.4 Å². The molecule has 1 aromatic heterocycles. The second-order valence-electron chi connectivity index (χ2n) is 10.8. The van der Waals surface area contributed by atoms with E-state index in [1.807, 2.05) is 0 Å². The third kappa shape index (κ3) is 7.34. The van der Waals surface area contributed by atoms with Crippen LogP contribution in [0.2, 0.25) is 0 Å². The third-order valence-electron chi connectivity index (χ3n) is 7.46. The monoisotopic (exact) mass is 611 g/mol. The van der Waals surface area contributed by atoms with Gasteiger partial charge < -0.3 is 19.1 Å². The highest BCUT2D eigenvalue weighted by Gasteiger charge is 2.19. The highest BCUT2D eigenvalue weighted by atomic mass is 32.2. The second kappa shape index (κ2) is 13.1. The number of piperidine rings is 1. The summed E-state index contributed by atoms with van der Waals surface area (Å²) in [7, 11) is -2.59. The van der Waals surface area contributed by atoms with E-state index >= 15 is 4.39 Å². The maximum atomic E-state index is 15.1. The molecule has 5 rings (SSSR count). The zero-order chi connectivity index (χ0) is 30.6. The number of nitrogens with zero attached hydrogens (tertiary/aromatic N) is 2. The molecule has 0 amide bonds. The highest BCUT2D eigenvalue weighted by molar-refractivity contribution is 7.92. The molecule has 1 unspecified atom stereocenters. The molecule has 0 bridgehead atoms. The van der Waals surface area contributed by atoms with Gasteiger partial charge in [0.15, 0.2) is 23.1 Å². The smallest absolute Gasteiger partial charge is 0.261 e. The Labute approximate surface area is 250 Å². The maximum absolute atomic E-state index is 15.1. The van der Waals surface area contributed by atoms with Gasteiger partial charge in [-0.15, -0.1) is 0 Å². The molecule has 1 saturated heterocycles. The van der Waals surface area contributed by atoms with E-state index in [0.29, 0.717) is 40.3 Å². The molecule has 43 heavy (non-hydrogen) atoms. The average molecular weight is 612 g/mol. The number of methoxy groups -OCH3 is 1. The van der Waals surface area contributed by atoms with E-state index < -0.39 is 21.7 Å². The van der Waals surface area contributed by atoms with E-state index in [-0.39, 0.29) is 16.3 Å². The molecule has 1 atom stereocenters. The van der Waals surface area contributed by atoms with Gasteiger partial charge in [-0.3, -0.25) is 9.71 Å². The predicted octanol–water partition coefficient (Wildman–Crippen LogP) is 6.92. The summed E-state index contributed by atoms with van der Waals surface area (Å²) < 4.78 is 74.2. The summed E-state index contributed by atoms with van der Waals surface area (Å²) >= 11 is 0. The van der Waals surface area contributed by atoms with Crippen LogP contribution in [0.15, 0.2) is 65.7 Å². The molecule has 0 aliphatic carbocycles. The van der Waals surface area contributed by atoms with Crippen molar-refractivity contribution in [1.29, 1.82) is 0 Å². The summed E-state index contributed by atoms with van der Waals surface area (Å²) in [4.78, 5) is 6.63. The van der Waals surface area contributed by atoms with Crippen LogP contribution in [0.25, 0.3) is 10.9 Å². The van der Waals surface area contributed by atoms with Crippen LogP contribution in [0.1, 0.15) is 31.7 Å². The summed E-state index contributed by atoms with van der Waals surface area (Å²) in [5.41, 5.74) is 0.853. The number of sulfonamides is 1. The van der Waals surface area contributed by atoms with Crippen LogP contribution in [-0.2, 0) is 10.0 Å². The molecular weight excluding hydrogens is 576 g/mol. The van der Waals surface area contributed by atoms with Crippen molar-refractivity contribution in [1.82, 2.24) is 9.88 Å². The first kappa shape index (κ1) is 30.5. The van der Waals surface area contributed by atoms with E-state index in [1.54, 1.807) is 31.5 Å². The van der Waals surface area contributed by atoms with Crippen LogP contribution < -0.4 is 18.9 Å². The van der Waals surface area contributed by atoms with Crippen molar-refractivity contribution in [2.24, 2.45) is 5.92 Å². The van der Waals surface area contributed by atoms with Crippen molar-refractivity contribution in [2.75, 3.05) is 38.1 Å². The standard InChI is InChI=1S/C32H35F2N3O5S/c1-21-6-4-13-37(20-21)14-5-15-41-32-19-28-25(18-31(32)40-3)29(11-12-35-28)42-30-10-8-23(16-27(30)34)36-43(38,39)24-9-7-22(2)26(33)17-24/h7-12,16-19,21,36H,4-6,13-15,20H2,1-3H3. The molecule has 8 nitrogen and oxygen atoms in total. The van der Waals surface area contributed by atoms with E-state index in [9.17, 15) is 12.8 Å². The van der Waals surface area contributed by atoms with Gasteiger partial charge in [0.1, 0.15) is 11.6 Å². The minimum atomic E-state index is -4.13. The minimum absolute atomic E-state index is 0.0383. The summed E-state index contributed by atoms with van der Waals surface area (Å²) in [6.07, 6.45) is 4.96. The fourth-order valence-corrected chi connectivity index (χ4v) is 6.23. The lowest BCUT2D eigenvalue weighted by molar-refractivity contribution is 0.169. The Morgan fingerprint density at radius 3 is 2.58 bits per heavy atom. The number of anilines is 1. The number of nitrogens with one attached hydrogen (secondary N) is 1. The first-order chi connectivity index (χ1) is 20.6. The number of pyridine rings is 1. The topological polar surface area (TPSA) is 90.0 Å². The second-order valence-corrected chi connectivity index (χ2v) is 12.5. The summed E-state index contributed by atoms with van der Waals surface area (Å²) in [6, 6.07) is 12.3. The lowest BCUT2D eigenvalue weighted by Gasteiger charge is -2.30. The molecule has 1 aliphatic rings. The Morgan fingerprint density at radius 2 is 1.84 bits per heavy atom. The van der Waals surface area contributed by atoms with Crippen LogP contribution in [-0.4, -0.2) is 51.7 Å². The first-order valence-electron chi connectivity index (χ1n) is 14.2. The van der Waals surface area contributed by atoms with Gasteiger partial charge >= 0.3 is 0 Å². The number of halogens is 2. The summed E-state index contributed by atoms with van der Waals surface area (Å²) in [5, 5.41) is 0.583. The Kier molecular flexibility index (Phi) is 9.31. The molecule has 0 spiro atoms. The van der Waals surface area contributed by atoms with Crippen LogP contribution in [0, 0.1) is 24.5 Å². The fourth-order valence-electron chi connectivity index (χ4n) is 5.17. The molecule has 0 saturated carbocycles. The molecule has 1 N–H and O–H groups in total. The van der Waals surface area contributed by atoms with Gasteiger partial charge in [0, 0.05) is 36.8 Å². The Balaban J connectivity index is 1.28. The van der Waals surface area contributed by atoms with Gasteiger partial charge in [-0.1, -0.05) is 13.0 Å². The molecule has 1 aliphatic heterocycles. The van der Waals surface area contributed by atoms with Gasteiger partial charge in [-0.25, -0.2) is 17.2 Å². The van der Waals surface area contributed by atoms with Crippen LogP contribution in [0.3, 0.4) is 0 Å². The number of aromatic nitrogens is 1. The molecule has 228 valence electrons. The number of likely N-dealkylation sites (tertiary alicyclic amines) is 1. The molecule has 2 heterocycles. The van der Waals surface area contributed by atoms with Crippen molar-refractivity contribution in [3.05, 3.63) is 78.0 Å². The molecule has 1 fully saturated rings. The number of hydrogen-bond acceptors (Lipinski definition) is 7. The number of rotatable bonds is 11. The number of aryl methyl sites for hydroxylation is 1. The summed E-state index contributed by atoms with van der Waals surface area (Å²) in [6.45, 7) is 7.58. The van der Waals surface area contributed by atoms with Gasteiger partial charge in [0.05, 0.1) is 29.8 Å². The number of fused-ring (bicyclic) bond motifs is 1. The molecular formula is C32H35F2N3O5S. The van der Waals surface area contributed by atoms with E-state index in [0.717, 1.165) is 44.1 Å². The van der Waals surface area contributed by atoms with Gasteiger partial charge in [0.2, 0.25) is 0 Å². The molecule has 0 radical (unpaired) electrons. The van der Waals surface area contributed by atoms with Crippen molar-refractivity contribution in [3.8, 4) is 23.0 Å². The van der Waals surface area contributed by atoms with E-state index in [4.69, 9.17) is 14.2 Å². The Bertz CT molecular complexity index is 1720. The maximum Gasteiger partial charge on any atom is 0.261 e. The van der Waals surface area contributed by atoms with Gasteiger partial charge in [0.25, 0.3) is 10.0 Å². The van der Waals surface area contributed by atoms with Gasteiger partial charge in [-0.05, 0) is 80.6 Å². The van der Waals surface area contributed by atoms with Crippen LogP contribution in [0.5, 0.6) is 23.0 Å². The number of ether oxygens (including phenoxy) is 3. The average Bonchev–Trinajstić information content (AvgIpc) is 2.97. The Morgan fingerprint density at radius 1 is 1.00 bits per heavy atom. The van der Waals surface area contributed by atoms with E-state index in [1.165, 1.54) is 44.0 Å².